The fourth-order valence-corrected chi connectivity index (χ4v) is 2.33. The van der Waals surface area contributed by atoms with Gasteiger partial charge in [-0.3, -0.25) is 19.7 Å². The highest BCUT2D eigenvalue weighted by Gasteiger charge is 2.21. The van der Waals surface area contributed by atoms with Gasteiger partial charge < -0.3 is 15.4 Å². The lowest BCUT2D eigenvalue weighted by atomic mass is 10.2. The molecule has 28 heavy (non-hydrogen) atoms. The van der Waals surface area contributed by atoms with E-state index in [1.807, 2.05) is 0 Å². The third-order valence-electron chi connectivity index (χ3n) is 3.49. The van der Waals surface area contributed by atoms with Crippen LogP contribution in [0.15, 0.2) is 42.5 Å². The van der Waals surface area contributed by atoms with Crippen molar-refractivity contribution < 1.29 is 24.0 Å². The summed E-state index contributed by atoms with van der Waals surface area (Å²) >= 11 is 5.93. The van der Waals surface area contributed by atoms with Gasteiger partial charge in [0.15, 0.2) is 6.10 Å². The zero-order chi connectivity index (χ0) is 20.8. The number of ether oxygens (including phenoxy) is 1. The lowest BCUT2D eigenvalue weighted by Crippen LogP contribution is -2.30. The number of hydrogen-bond donors (Lipinski definition) is 2. The van der Waals surface area contributed by atoms with E-state index in [0.717, 1.165) is 6.07 Å². The Hall–Kier alpha value is -3.46. The van der Waals surface area contributed by atoms with E-state index in [1.165, 1.54) is 38.1 Å². The van der Waals surface area contributed by atoms with Gasteiger partial charge in [-0.1, -0.05) is 17.7 Å². The standard InChI is InChI=1S/C18H16ClN3O6/c1-10(17(24)21-16-9-14(22(26)27)6-7-15(16)19)28-18(25)12-4-3-5-13(8-12)20-11(2)23/h3-10H,1-2H3,(H,20,23)(H,21,24). The number of nitrogens with zero attached hydrogens (tertiary/aromatic N) is 1. The molecule has 0 aliphatic rings. The van der Waals surface area contributed by atoms with Gasteiger partial charge in [-0.2, -0.15) is 0 Å². The van der Waals surface area contributed by atoms with E-state index in [-0.39, 0.29) is 27.9 Å². The molecule has 1 unspecified atom stereocenters. The third-order valence-corrected chi connectivity index (χ3v) is 3.82. The Kier molecular flexibility index (Phi) is 6.67. The van der Waals surface area contributed by atoms with Gasteiger partial charge in [-0.25, -0.2) is 4.79 Å². The smallest absolute Gasteiger partial charge is 0.338 e. The lowest BCUT2D eigenvalue weighted by Gasteiger charge is -2.14. The Balaban J connectivity index is 2.06. The molecule has 0 aromatic heterocycles. The van der Waals surface area contributed by atoms with Crippen molar-refractivity contribution in [3.63, 3.8) is 0 Å². The molecule has 0 bridgehead atoms. The summed E-state index contributed by atoms with van der Waals surface area (Å²) in [4.78, 5) is 45.8. The first-order valence-corrected chi connectivity index (χ1v) is 8.38. The molecule has 0 spiro atoms. The van der Waals surface area contributed by atoms with Crippen LogP contribution < -0.4 is 10.6 Å². The minimum absolute atomic E-state index is 0.0245. The Morgan fingerprint density at radius 3 is 2.50 bits per heavy atom. The third kappa shape index (κ3) is 5.52. The number of anilines is 2. The van der Waals surface area contributed by atoms with Gasteiger partial charge >= 0.3 is 5.97 Å². The van der Waals surface area contributed by atoms with Crippen molar-refractivity contribution in [2.45, 2.75) is 20.0 Å². The van der Waals surface area contributed by atoms with Crippen LogP contribution >= 0.6 is 11.6 Å². The topological polar surface area (TPSA) is 128 Å². The molecule has 1 atom stereocenters. The lowest BCUT2D eigenvalue weighted by molar-refractivity contribution is -0.384. The summed E-state index contributed by atoms with van der Waals surface area (Å²) in [5, 5.41) is 15.9. The predicted octanol–water partition coefficient (Wildman–Crippen LogP) is 3.39. The second kappa shape index (κ2) is 8.96. The zero-order valence-corrected chi connectivity index (χ0v) is 15.6. The Labute approximate surface area is 164 Å². The molecule has 0 saturated carbocycles. The Morgan fingerprint density at radius 2 is 1.86 bits per heavy atom. The highest BCUT2D eigenvalue weighted by atomic mass is 35.5. The van der Waals surface area contributed by atoms with Crippen molar-refractivity contribution in [1.29, 1.82) is 0 Å². The van der Waals surface area contributed by atoms with Gasteiger partial charge in [0.2, 0.25) is 5.91 Å². The zero-order valence-electron chi connectivity index (χ0n) is 14.9. The van der Waals surface area contributed by atoms with E-state index in [4.69, 9.17) is 16.3 Å². The van der Waals surface area contributed by atoms with Gasteiger partial charge in [0.05, 0.1) is 21.2 Å². The fraction of sp³-hybridized carbons (Fsp3) is 0.167. The molecule has 0 aliphatic heterocycles. The number of rotatable bonds is 6. The van der Waals surface area contributed by atoms with E-state index in [1.54, 1.807) is 12.1 Å². The number of nitro groups is 1. The molecule has 2 amide bonds. The van der Waals surface area contributed by atoms with Crippen molar-refractivity contribution in [2.24, 2.45) is 0 Å². The Bertz CT molecular complexity index is 947. The molecule has 2 aromatic carbocycles. The summed E-state index contributed by atoms with van der Waals surface area (Å²) in [6.45, 7) is 2.67. The summed E-state index contributed by atoms with van der Waals surface area (Å²) in [5.74, 6) is -1.79. The monoisotopic (exact) mass is 405 g/mol. The largest absolute Gasteiger partial charge is 0.449 e. The van der Waals surface area contributed by atoms with Gasteiger partial charge in [-0.15, -0.1) is 0 Å². The summed E-state index contributed by atoms with van der Waals surface area (Å²) in [6, 6.07) is 9.60. The van der Waals surface area contributed by atoms with Crippen molar-refractivity contribution in [1.82, 2.24) is 0 Å². The van der Waals surface area contributed by atoms with Crippen LogP contribution in [-0.2, 0) is 14.3 Å². The highest BCUT2D eigenvalue weighted by molar-refractivity contribution is 6.33. The van der Waals surface area contributed by atoms with Crippen molar-refractivity contribution >= 4 is 46.4 Å². The number of nitrogens with one attached hydrogen (secondary N) is 2. The Morgan fingerprint density at radius 1 is 1.14 bits per heavy atom. The van der Waals surface area contributed by atoms with Crippen LogP contribution in [0.25, 0.3) is 0 Å². The molecule has 10 heteroatoms. The molecule has 0 heterocycles. The summed E-state index contributed by atoms with van der Waals surface area (Å²) in [5.41, 5.74) is 0.317. The van der Waals surface area contributed by atoms with Crippen LogP contribution in [-0.4, -0.2) is 28.8 Å². The predicted molar refractivity (Wildman–Crippen MR) is 102 cm³/mol. The average molecular weight is 406 g/mol. The molecule has 0 aliphatic carbocycles. The van der Waals surface area contributed by atoms with Crippen LogP contribution in [0.3, 0.4) is 0 Å². The minimum Gasteiger partial charge on any atom is -0.449 e. The number of benzene rings is 2. The molecule has 2 rings (SSSR count). The van der Waals surface area contributed by atoms with E-state index < -0.39 is 22.9 Å². The van der Waals surface area contributed by atoms with Crippen LogP contribution in [0.5, 0.6) is 0 Å². The number of non-ortho nitro benzene ring substituents is 1. The number of esters is 1. The second-order valence-corrected chi connectivity index (χ2v) is 6.13. The normalized spacial score (nSPS) is 11.2. The molecule has 2 N–H and O–H groups in total. The quantitative estimate of drug-likeness (QED) is 0.430. The van der Waals surface area contributed by atoms with E-state index in [2.05, 4.69) is 10.6 Å². The molecule has 0 radical (unpaired) electrons. The molecular formula is C18H16ClN3O6. The van der Waals surface area contributed by atoms with Crippen LogP contribution in [0.1, 0.15) is 24.2 Å². The van der Waals surface area contributed by atoms with Crippen LogP contribution in [0.4, 0.5) is 17.1 Å². The number of hydrogen-bond acceptors (Lipinski definition) is 6. The first-order valence-electron chi connectivity index (χ1n) is 8.01. The molecule has 0 saturated heterocycles. The van der Waals surface area contributed by atoms with Crippen molar-refractivity contribution in [3.05, 3.63) is 63.2 Å². The average Bonchev–Trinajstić information content (AvgIpc) is 2.62. The summed E-state index contributed by atoms with van der Waals surface area (Å²) < 4.78 is 5.11. The van der Waals surface area contributed by atoms with E-state index in [0.29, 0.717) is 5.69 Å². The van der Waals surface area contributed by atoms with Gasteiger partial charge in [0.25, 0.3) is 11.6 Å². The minimum atomic E-state index is -1.20. The van der Waals surface area contributed by atoms with Crippen LogP contribution in [0, 0.1) is 10.1 Å². The molecule has 146 valence electrons. The molecule has 9 nitrogen and oxygen atoms in total. The number of halogens is 1. The van der Waals surface area contributed by atoms with Crippen LogP contribution in [0.2, 0.25) is 5.02 Å². The number of nitro benzene ring substituents is 1. The molecule has 0 fully saturated rings. The first kappa shape index (κ1) is 20.8. The summed E-state index contributed by atoms with van der Waals surface area (Å²) in [7, 11) is 0. The SMILES string of the molecule is CC(=O)Nc1cccc(C(=O)OC(C)C(=O)Nc2cc([N+](=O)[O-])ccc2Cl)c1. The number of carbonyl (C=O) groups excluding carboxylic acids is 3. The summed E-state index contributed by atoms with van der Waals surface area (Å²) in [6.07, 6.45) is -1.20. The van der Waals surface area contributed by atoms with E-state index >= 15 is 0 Å². The number of carbonyl (C=O) groups is 3. The maximum absolute atomic E-state index is 12.3. The fourth-order valence-electron chi connectivity index (χ4n) is 2.17. The maximum Gasteiger partial charge on any atom is 0.338 e. The maximum atomic E-state index is 12.3. The van der Waals surface area contributed by atoms with E-state index in [9.17, 15) is 24.5 Å². The molecular weight excluding hydrogens is 390 g/mol. The van der Waals surface area contributed by atoms with Crippen molar-refractivity contribution in [2.75, 3.05) is 10.6 Å². The highest BCUT2D eigenvalue weighted by Crippen LogP contribution is 2.27. The van der Waals surface area contributed by atoms with Gasteiger partial charge in [-0.05, 0) is 31.2 Å². The van der Waals surface area contributed by atoms with Gasteiger partial charge in [0, 0.05) is 24.7 Å². The number of amides is 2. The first-order chi connectivity index (χ1) is 13.2. The van der Waals surface area contributed by atoms with Gasteiger partial charge in [0.1, 0.15) is 0 Å². The van der Waals surface area contributed by atoms with Crippen molar-refractivity contribution in [3.8, 4) is 0 Å². The second-order valence-electron chi connectivity index (χ2n) is 5.72. The molecule has 2 aromatic rings.